The normalized spacial score (nSPS) is 15.2. The molecule has 0 atom stereocenters. The molecule has 1 fully saturated rings. The van der Waals surface area contributed by atoms with Crippen LogP contribution in [0.25, 0.3) is 6.08 Å². The van der Waals surface area contributed by atoms with E-state index in [0.29, 0.717) is 34.4 Å². The van der Waals surface area contributed by atoms with Gasteiger partial charge in [0.15, 0.2) is 0 Å². The zero-order valence-corrected chi connectivity index (χ0v) is 17.6. The molecular weight excluding hydrogens is 398 g/mol. The van der Waals surface area contributed by atoms with Gasteiger partial charge < -0.3 is 9.47 Å². The first kappa shape index (κ1) is 22.1. The quantitative estimate of drug-likeness (QED) is 0.260. The second-order valence-corrected chi connectivity index (χ2v) is 7.74. The molecule has 150 valence electrons. The maximum absolute atomic E-state index is 12.6. The van der Waals surface area contributed by atoms with Crippen molar-refractivity contribution in [2.75, 3.05) is 20.3 Å². The molecule has 1 saturated heterocycles. The van der Waals surface area contributed by atoms with E-state index in [4.69, 9.17) is 17.0 Å². The van der Waals surface area contributed by atoms with Gasteiger partial charge in [0.1, 0.15) is 4.32 Å². The Morgan fingerprint density at radius 1 is 1.18 bits per heavy atom. The Morgan fingerprint density at radius 2 is 1.89 bits per heavy atom. The minimum atomic E-state index is -0.402. The fourth-order valence-corrected chi connectivity index (χ4v) is 3.94. The van der Waals surface area contributed by atoms with Crippen LogP contribution in [0.2, 0.25) is 0 Å². The summed E-state index contributed by atoms with van der Waals surface area (Å²) < 4.78 is 10.1. The Labute approximate surface area is 174 Å². The highest BCUT2D eigenvalue weighted by Gasteiger charge is 2.31. The van der Waals surface area contributed by atoms with Gasteiger partial charge in [-0.05, 0) is 43.5 Å². The molecule has 1 aliphatic rings. The molecule has 0 aromatic heterocycles. The van der Waals surface area contributed by atoms with E-state index in [2.05, 4.69) is 4.74 Å². The zero-order valence-electron chi connectivity index (χ0n) is 15.9. The maximum Gasteiger partial charge on any atom is 0.337 e. The van der Waals surface area contributed by atoms with Crippen molar-refractivity contribution in [3.05, 3.63) is 40.3 Å². The van der Waals surface area contributed by atoms with E-state index < -0.39 is 5.97 Å². The average molecular weight is 422 g/mol. The Hall–Kier alpha value is -2.19. The van der Waals surface area contributed by atoms with Crippen LogP contribution in [0, 0.1) is 0 Å². The third kappa shape index (κ3) is 6.17. The highest BCUT2D eigenvalue weighted by Crippen LogP contribution is 2.32. The molecule has 0 bridgehead atoms. The van der Waals surface area contributed by atoms with Gasteiger partial charge in [-0.1, -0.05) is 42.5 Å². The Bertz CT molecular complexity index is 773. The number of amides is 1. The van der Waals surface area contributed by atoms with Gasteiger partial charge in [-0.2, -0.15) is 0 Å². The summed E-state index contributed by atoms with van der Waals surface area (Å²) >= 11 is 6.60. The number of methoxy groups -OCH3 is 1. The third-order valence-corrected chi connectivity index (χ3v) is 5.45. The predicted octanol–water partition coefficient (Wildman–Crippen LogP) is 3.80. The molecule has 0 aliphatic carbocycles. The number of thiocarbonyl (C=S) groups is 1. The summed E-state index contributed by atoms with van der Waals surface area (Å²) in [6.45, 7) is 2.72. The van der Waals surface area contributed by atoms with Gasteiger partial charge in [0, 0.05) is 13.0 Å². The first-order valence-electron chi connectivity index (χ1n) is 9.05. The van der Waals surface area contributed by atoms with Gasteiger partial charge in [-0.25, -0.2) is 4.79 Å². The summed E-state index contributed by atoms with van der Waals surface area (Å²) in [7, 11) is 1.33. The second-order valence-electron chi connectivity index (χ2n) is 6.06. The molecule has 1 aromatic carbocycles. The van der Waals surface area contributed by atoms with Crippen LogP contribution in [0.3, 0.4) is 0 Å². The Morgan fingerprint density at radius 3 is 2.54 bits per heavy atom. The number of nitrogens with zero attached hydrogens (tertiary/aromatic N) is 1. The minimum Gasteiger partial charge on any atom is -0.466 e. The highest BCUT2D eigenvalue weighted by molar-refractivity contribution is 8.26. The van der Waals surface area contributed by atoms with Crippen LogP contribution in [0.4, 0.5) is 0 Å². The number of hydrogen-bond acceptors (Lipinski definition) is 7. The van der Waals surface area contributed by atoms with Crippen LogP contribution in [-0.4, -0.2) is 47.3 Å². The van der Waals surface area contributed by atoms with E-state index in [-0.39, 0.29) is 11.9 Å². The topological polar surface area (TPSA) is 72.9 Å². The van der Waals surface area contributed by atoms with Gasteiger partial charge in [0.2, 0.25) is 0 Å². The monoisotopic (exact) mass is 421 g/mol. The fraction of sp³-hybridized carbons (Fsp3) is 0.400. The van der Waals surface area contributed by atoms with Gasteiger partial charge >= 0.3 is 11.9 Å². The van der Waals surface area contributed by atoms with Gasteiger partial charge in [-0.3, -0.25) is 14.5 Å². The number of rotatable bonds is 9. The summed E-state index contributed by atoms with van der Waals surface area (Å²) in [5.74, 6) is -0.701. The number of benzene rings is 1. The van der Waals surface area contributed by atoms with E-state index in [9.17, 15) is 14.4 Å². The van der Waals surface area contributed by atoms with Crippen LogP contribution in [0.5, 0.6) is 0 Å². The molecule has 1 heterocycles. The predicted molar refractivity (Wildman–Crippen MR) is 113 cm³/mol. The number of esters is 2. The number of carbonyl (C=O) groups excluding carboxylic acids is 3. The first-order chi connectivity index (χ1) is 13.5. The molecular formula is C20H23NO5S2. The average Bonchev–Trinajstić information content (AvgIpc) is 2.95. The van der Waals surface area contributed by atoms with Crippen molar-refractivity contribution in [1.29, 1.82) is 0 Å². The van der Waals surface area contributed by atoms with E-state index in [1.54, 1.807) is 42.2 Å². The Balaban J connectivity index is 1.87. The molecule has 0 spiro atoms. The number of hydrogen-bond donors (Lipinski definition) is 0. The van der Waals surface area contributed by atoms with E-state index in [1.807, 2.05) is 0 Å². The molecule has 0 saturated carbocycles. The largest absolute Gasteiger partial charge is 0.466 e. The lowest BCUT2D eigenvalue weighted by Crippen LogP contribution is -2.29. The highest BCUT2D eigenvalue weighted by atomic mass is 32.2. The fourth-order valence-electron chi connectivity index (χ4n) is 2.63. The molecule has 1 aliphatic heterocycles. The maximum atomic E-state index is 12.6. The minimum absolute atomic E-state index is 0.113. The standard InChI is InChI=1S/C20H23NO5S2/c1-3-26-17(22)7-5-4-6-12-21-18(23)16(28-20(21)27)13-14-8-10-15(11-9-14)19(24)25-2/h8-11,13H,3-7,12H2,1-2H3. The third-order valence-electron chi connectivity index (χ3n) is 4.07. The summed E-state index contributed by atoms with van der Waals surface area (Å²) in [6, 6.07) is 6.83. The van der Waals surface area contributed by atoms with Crippen molar-refractivity contribution in [2.45, 2.75) is 32.6 Å². The number of carbonyl (C=O) groups is 3. The van der Waals surface area contributed by atoms with Crippen LogP contribution >= 0.6 is 24.0 Å². The Kier molecular flexibility index (Phi) is 8.66. The van der Waals surface area contributed by atoms with Crippen LogP contribution in [-0.2, 0) is 19.1 Å². The summed E-state index contributed by atoms with van der Waals surface area (Å²) in [5, 5.41) is 0. The SMILES string of the molecule is CCOC(=O)CCCCCN1C(=O)C(=Cc2ccc(C(=O)OC)cc2)SC1=S. The van der Waals surface area contributed by atoms with Crippen molar-refractivity contribution in [3.63, 3.8) is 0 Å². The summed E-state index contributed by atoms with van der Waals surface area (Å²) in [6.07, 6.45) is 4.49. The van der Waals surface area contributed by atoms with E-state index in [1.165, 1.54) is 18.9 Å². The van der Waals surface area contributed by atoms with E-state index >= 15 is 0 Å². The van der Waals surface area contributed by atoms with Crippen LogP contribution < -0.4 is 0 Å². The van der Waals surface area contributed by atoms with Crippen molar-refractivity contribution in [3.8, 4) is 0 Å². The van der Waals surface area contributed by atoms with Crippen molar-refractivity contribution in [1.82, 2.24) is 4.90 Å². The molecule has 8 heteroatoms. The second kappa shape index (κ2) is 11.0. The molecule has 1 aromatic rings. The van der Waals surface area contributed by atoms with Crippen LogP contribution in [0.1, 0.15) is 48.5 Å². The van der Waals surface area contributed by atoms with Crippen molar-refractivity contribution < 1.29 is 23.9 Å². The van der Waals surface area contributed by atoms with E-state index in [0.717, 1.165) is 24.8 Å². The molecule has 28 heavy (non-hydrogen) atoms. The van der Waals surface area contributed by atoms with Crippen LogP contribution in [0.15, 0.2) is 29.2 Å². The van der Waals surface area contributed by atoms with Gasteiger partial charge in [0.05, 0.1) is 24.2 Å². The lowest BCUT2D eigenvalue weighted by atomic mass is 10.1. The number of unbranched alkanes of at least 4 members (excludes halogenated alkanes) is 2. The van der Waals surface area contributed by atoms with Gasteiger partial charge in [-0.15, -0.1) is 0 Å². The smallest absolute Gasteiger partial charge is 0.337 e. The van der Waals surface area contributed by atoms with Crippen molar-refractivity contribution in [2.24, 2.45) is 0 Å². The van der Waals surface area contributed by atoms with Crippen molar-refractivity contribution >= 4 is 52.2 Å². The number of thioether (sulfide) groups is 1. The lowest BCUT2D eigenvalue weighted by Gasteiger charge is -2.13. The van der Waals surface area contributed by atoms with Gasteiger partial charge in [0.25, 0.3) is 5.91 Å². The summed E-state index contributed by atoms with van der Waals surface area (Å²) in [4.78, 5) is 37.5. The summed E-state index contributed by atoms with van der Waals surface area (Å²) in [5.41, 5.74) is 1.26. The molecule has 0 unspecified atom stereocenters. The number of ether oxygens (including phenoxy) is 2. The molecule has 6 nitrogen and oxygen atoms in total. The molecule has 1 amide bonds. The molecule has 0 N–H and O–H groups in total. The molecule has 0 radical (unpaired) electrons. The molecule has 2 rings (SSSR count). The first-order valence-corrected chi connectivity index (χ1v) is 10.3. The zero-order chi connectivity index (χ0) is 20.5. The lowest BCUT2D eigenvalue weighted by molar-refractivity contribution is -0.143.